The molecule has 0 unspecified atom stereocenters. The van der Waals surface area contributed by atoms with Gasteiger partial charge in [0.15, 0.2) is 0 Å². The van der Waals surface area contributed by atoms with Gasteiger partial charge < -0.3 is 5.11 Å². The number of aliphatic hydroxyl groups is 1. The number of allylic oxidation sites excluding steroid dienone is 2. The summed E-state index contributed by atoms with van der Waals surface area (Å²) in [5, 5.41) is 9.46. The molecule has 0 heterocycles. The maximum Gasteiger partial charge on any atom is 0.106 e. The van der Waals surface area contributed by atoms with Crippen molar-refractivity contribution in [3.63, 3.8) is 0 Å². The Kier molecular flexibility index (Phi) is 2.14. The molecular formula is C9H13FO. The second-order valence-corrected chi connectivity index (χ2v) is 3.32. The second-order valence-electron chi connectivity index (χ2n) is 3.32. The summed E-state index contributed by atoms with van der Waals surface area (Å²) in [5.74, 6) is -0.181. The van der Waals surface area contributed by atoms with Gasteiger partial charge in [-0.2, -0.15) is 0 Å². The SMILES string of the molecule is CC(C)(O)C1=C(F)CCC=C1. The topological polar surface area (TPSA) is 20.2 Å². The second kappa shape index (κ2) is 2.78. The quantitative estimate of drug-likeness (QED) is 0.617. The summed E-state index contributed by atoms with van der Waals surface area (Å²) in [6.07, 6.45) is 4.72. The molecule has 0 spiro atoms. The first-order valence-corrected chi connectivity index (χ1v) is 3.80. The Bertz CT molecular complexity index is 208. The smallest absolute Gasteiger partial charge is 0.106 e. The third kappa shape index (κ3) is 1.90. The minimum atomic E-state index is -1.04. The lowest BCUT2D eigenvalue weighted by Crippen LogP contribution is -2.22. The summed E-state index contributed by atoms with van der Waals surface area (Å²) < 4.78 is 13.0. The van der Waals surface area contributed by atoms with Crippen molar-refractivity contribution in [3.05, 3.63) is 23.6 Å². The molecule has 0 amide bonds. The van der Waals surface area contributed by atoms with E-state index in [2.05, 4.69) is 0 Å². The van der Waals surface area contributed by atoms with Crippen molar-refractivity contribution in [2.75, 3.05) is 0 Å². The van der Waals surface area contributed by atoms with Crippen LogP contribution in [0.5, 0.6) is 0 Å². The normalized spacial score (nSPS) is 19.3. The van der Waals surface area contributed by atoms with Gasteiger partial charge in [0.1, 0.15) is 5.83 Å². The molecule has 1 rings (SSSR count). The van der Waals surface area contributed by atoms with Crippen LogP contribution in [0.3, 0.4) is 0 Å². The fourth-order valence-corrected chi connectivity index (χ4v) is 1.17. The fourth-order valence-electron chi connectivity index (χ4n) is 1.17. The van der Waals surface area contributed by atoms with Gasteiger partial charge in [0.2, 0.25) is 0 Å². The van der Waals surface area contributed by atoms with Gasteiger partial charge in [-0.15, -0.1) is 0 Å². The molecule has 0 saturated heterocycles. The van der Waals surface area contributed by atoms with Crippen LogP contribution in [0.25, 0.3) is 0 Å². The van der Waals surface area contributed by atoms with Crippen LogP contribution in [0.15, 0.2) is 23.6 Å². The predicted molar refractivity (Wildman–Crippen MR) is 42.8 cm³/mol. The van der Waals surface area contributed by atoms with Crippen LogP contribution in [-0.2, 0) is 0 Å². The molecule has 0 radical (unpaired) electrons. The minimum absolute atomic E-state index is 0.181. The first-order valence-electron chi connectivity index (χ1n) is 3.80. The van der Waals surface area contributed by atoms with Crippen LogP contribution >= 0.6 is 0 Å². The van der Waals surface area contributed by atoms with Crippen LogP contribution in [0.2, 0.25) is 0 Å². The van der Waals surface area contributed by atoms with E-state index >= 15 is 0 Å². The summed E-state index contributed by atoms with van der Waals surface area (Å²) in [6.45, 7) is 3.19. The standard InChI is InChI=1S/C9H13FO/c1-9(2,11)7-5-3-4-6-8(7)10/h3,5,11H,4,6H2,1-2H3. The third-order valence-electron chi connectivity index (χ3n) is 1.77. The van der Waals surface area contributed by atoms with E-state index in [4.69, 9.17) is 0 Å². The molecule has 0 aliphatic heterocycles. The lowest BCUT2D eigenvalue weighted by atomic mass is 9.92. The molecule has 11 heavy (non-hydrogen) atoms. The van der Waals surface area contributed by atoms with Gasteiger partial charge in [0.25, 0.3) is 0 Å². The van der Waals surface area contributed by atoms with Crippen molar-refractivity contribution < 1.29 is 9.50 Å². The molecule has 0 bridgehead atoms. The Morgan fingerprint density at radius 2 is 2.18 bits per heavy atom. The van der Waals surface area contributed by atoms with Crippen molar-refractivity contribution in [2.24, 2.45) is 0 Å². The third-order valence-corrected chi connectivity index (χ3v) is 1.77. The molecule has 0 aromatic carbocycles. The number of halogens is 1. The molecule has 1 N–H and O–H groups in total. The maximum atomic E-state index is 13.0. The fraction of sp³-hybridized carbons (Fsp3) is 0.556. The molecule has 0 saturated carbocycles. The summed E-state index contributed by atoms with van der Waals surface area (Å²) in [5.41, 5.74) is -0.621. The summed E-state index contributed by atoms with van der Waals surface area (Å²) >= 11 is 0. The van der Waals surface area contributed by atoms with E-state index < -0.39 is 5.60 Å². The van der Waals surface area contributed by atoms with Crippen LogP contribution in [-0.4, -0.2) is 10.7 Å². The van der Waals surface area contributed by atoms with E-state index in [9.17, 15) is 9.50 Å². The Balaban J connectivity index is 2.93. The lowest BCUT2D eigenvalue weighted by Gasteiger charge is -2.21. The summed E-state index contributed by atoms with van der Waals surface area (Å²) in [6, 6.07) is 0. The largest absolute Gasteiger partial charge is 0.386 e. The van der Waals surface area contributed by atoms with Gasteiger partial charge in [0.05, 0.1) is 5.60 Å². The minimum Gasteiger partial charge on any atom is -0.386 e. The van der Waals surface area contributed by atoms with Crippen molar-refractivity contribution in [3.8, 4) is 0 Å². The van der Waals surface area contributed by atoms with Crippen LogP contribution in [0, 0.1) is 0 Å². The van der Waals surface area contributed by atoms with Crippen molar-refractivity contribution in [1.82, 2.24) is 0 Å². The molecule has 0 atom stereocenters. The molecule has 62 valence electrons. The monoisotopic (exact) mass is 156 g/mol. The molecular weight excluding hydrogens is 143 g/mol. The Morgan fingerprint density at radius 1 is 1.55 bits per heavy atom. The predicted octanol–water partition coefficient (Wildman–Crippen LogP) is 2.33. The van der Waals surface area contributed by atoms with Gasteiger partial charge in [-0.3, -0.25) is 0 Å². The van der Waals surface area contributed by atoms with Gasteiger partial charge in [-0.05, 0) is 20.3 Å². The molecule has 1 aliphatic carbocycles. The maximum absolute atomic E-state index is 13.0. The number of hydrogen-bond acceptors (Lipinski definition) is 1. The van der Waals surface area contributed by atoms with E-state index in [0.29, 0.717) is 12.0 Å². The highest BCUT2D eigenvalue weighted by Gasteiger charge is 2.22. The van der Waals surface area contributed by atoms with Crippen molar-refractivity contribution in [2.45, 2.75) is 32.3 Å². The summed E-state index contributed by atoms with van der Waals surface area (Å²) in [7, 11) is 0. The van der Waals surface area contributed by atoms with E-state index in [1.807, 2.05) is 6.08 Å². The lowest BCUT2D eigenvalue weighted by molar-refractivity contribution is 0.119. The molecule has 1 aliphatic rings. The first kappa shape index (κ1) is 8.47. The molecule has 0 aromatic rings. The highest BCUT2D eigenvalue weighted by Crippen LogP contribution is 2.28. The van der Waals surface area contributed by atoms with Crippen LogP contribution in [0.4, 0.5) is 4.39 Å². The average Bonchev–Trinajstić information content (AvgIpc) is 1.86. The molecule has 0 aromatic heterocycles. The van der Waals surface area contributed by atoms with Crippen molar-refractivity contribution in [1.29, 1.82) is 0 Å². The Labute approximate surface area is 66.2 Å². The molecule has 2 heteroatoms. The number of rotatable bonds is 1. The van der Waals surface area contributed by atoms with Crippen LogP contribution < -0.4 is 0 Å². The van der Waals surface area contributed by atoms with Gasteiger partial charge in [-0.25, -0.2) is 4.39 Å². The first-order chi connectivity index (χ1) is 5.02. The van der Waals surface area contributed by atoms with Gasteiger partial charge in [-0.1, -0.05) is 12.2 Å². The zero-order chi connectivity index (χ0) is 8.48. The van der Waals surface area contributed by atoms with E-state index in [-0.39, 0.29) is 5.83 Å². The number of hydrogen-bond donors (Lipinski definition) is 1. The highest BCUT2D eigenvalue weighted by atomic mass is 19.1. The van der Waals surface area contributed by atoms with E-state index in [1.54, 1.807) is 19.9 Å². The molecule has 0 fully saturated rings. The molecule has 1 nitrogen and oxygen atoms in total. The van der Waals surface area contributed by atoms with Gasteiger partial charge >= 0.3 is 0 Å². The zero-order valence-electron chi connectivity index (χ0n) is 6.89. The zero-order valence-corrected chi connectivity index (χ0v) is 6.89. The van der Waals surface area contributed by atoms with E-state index in [0.717, 1.165) is 6.42 Å². The highest BCUT2D eigenvalue weighted by molar-refractivity contribution is 5.32. The van der Waals surface area contributed by atoms with Crippen molar-refractivity contribution >= 4 is 0 Å². The Morgan fingerprint density at radius 3 is 2.55 bits per heavy atom. The summed E-state index contributed by atoms with van der Waals surface area (Å²) in [4.78, 5) is 0. The van der Waals surface area contributed by atoms with E-state index in [1.165, 1.54) is 0 Å². The van der Waals surface area contributed by atoms with Crippen LogP contribution in [0.1, 0.15) is 26.7 Å². The Hall–Kier alpha value is -0.630. The van der Waals surface area contributed by atoms with Gasteiger partial charge in [0, 0.05) is 12.0 Å². The average molecular weight is 156 g/mol.